The van der Waals surface area contributed by atoms with Crippen LogP contribution in [0.4, 0.5) is 44.3 Å². The summed E-state index contributed by atoms with van der Waals surface area (Å²) in [7, 11) is 1.45. The Bertz CT molecular complexity index is 1340. The van der Waals surface area contributed by atoms with Crippen LogP contribution in [0.25, 0.3) is 11.1 Å². The van der Waals surface area contributed by atoms with Gasteiger partial charge in [-0.05, 0) is 44.2 Å². The number of carbonyl (C=O) groups is 1. The zero-order valence-corrected chi connectivity index (χ0v) is 23.5. The standard InChI is InChI=1S/C27H32F5N9O2/c1-3-10-33-23-20(27(30,31)32)14-35-24(40-23)39-18-5-7-19(8-6-18)41(26(42)38-15-21(28)29)22-9-4-16(11-34-22)17-12-36-25(43-2)37-13-17/h4,9,11-14,18-19,21H,3,5-8,10,15H2,1-2H3,(H,38,42)(H2,33,35,39,40). The number of alkyl halides is 5. The number of methoxy groups -OCH3 is 1. The number of urea groups is 1. The van der Waals surface area contributed by atoms with Gasteiger partial charge in [-0.25, -0.2) is 33.5 Å². The molecule has 232 valence electrons. The van der Waals surface area contributed by atoms with Crippen LogP contribution in [-0.2, 0) is 6.18 Å². The normalized spacial score (nSPS) is 16.9. The van der Waals surface area contributed by atoms with Crippen LogP contribution in [0.2, 0.25) is 0 Å². The van der Waals surface area contributed by atoms with Crippen molar-refractivity contribution in [2.45, 2.75) is 63.7 Å². The first-order valence-electron chi connectivity index (χ1n) is 13.7. The lowest BCUT2D eigenvalue weighted by molar-refractivity contribution is -0.137. The van der Waals surface area contributed by atoms with Crippen molar-refractivity contribution >= 4 is 23.6 Å². The largest absolute Gasteiger partial charge is 0.467 e. The van der Waals surface area contributed by atoms with E-state index in [1.54, 1.807) is 24.5 Å². The molecule has 16 heteroatoms. The third-order valence-corrected chi connectivity index (χ3v) is 6.80. The lowest BCUT2D eigenvalue weighted by Gasteiger charge is -2.36. The zero-order valence-electron chi connectivity index (χ0n) is 23.5. The Morgan fingerprint density at radius 3 is 2.30 bits per heavy atom. The van der Waals surface area contributed by atoms with Gasteiger partial charge in [0, 0.05) is 54.5 Å². The lowest BCUT2D eigenvalue weighted by atomic mass is 9.90. The predicted molar refractivity (Wildman–Crippen MR) is 149 cm³/mol. The van der Waals surface area contributed by atoms with Gasteiger partial charge in [0.25, 0.3) is 6.43 Å². The van der Waals surface area contributed by atoms with E-state index in [0.717, 1.165) is 6.20 Å². The summed E-state index contributed by atoms with van der Waals surface area (Å²) in [6, 6.07) is 2.30. The summed E-state index contributed by atoms with van der Waals surface area (Å²) in [6.45, 7) is 1.33. The number of hydrogen-bond acceptors (Lipinski definition) is 9. The first kappa shape index (κ1) is 31.6. The predicted octanol–water partition coefficient (Wildman–Crippen LogP) is 5.38. The molecule has 1 aliphatic carbocycles. The number of carbonyl (C=O) groups excluding carboxylic acids is 1. The highest BCUT2D eigenvalue weighted by Crippen LogP contribution is 2.34. The van der Waals surface area contributed by atoms with Crippen molar-refractivity contribution in [1.82, 2.24) is 30.2 Å². The van der Waals surface area contributed by atoms with E-state index in [-0.39, 0.29) is 35.7 Å². The Hall–Kier alpha value is -4.37. The fourth-order valence-electron chi connectivity index (χ4n) is 4.67. The summed E-state index contributed by atoms with van der Waals surface area (Å²) >= 11 is 0. The highest BCUT2D eigenvalue weighted by Gasteiger charge is 2.36. The number of ether oxygens (including phenoxy) is 1. The van der Waals surface area contributed by atoms with Gasteiger partial charge in [-0.2, -0.15) is 18.2 Å². The lowest BCUT2D eigenvalue weighted by Crippen LogP contribution is -2.50. The Labute approximate surface area is 244 Å². The van der Waals surface area contributed by atoms with Crippen molar-refractivity contribution < 1.29 is 31.5 Å². The summed E-state index contributed by atoms with van der Waals surface area (Å²) in [6.07, 6.45) is 0.678. The molecule has 0 radical (unpaired) electrons. The molecule has 3 N–H and O–H groups in total. The Morgan fingerprint density at radius 1 is 1.02 bits per heavy atom. The summed E-state index contributed by atoms with van der Waals surface area (Å²) in [5, 5.41) is 8.06. The van der Waals surface area contributed by atoms with Crippen LogP contribution in [0.15, 0.2) is 36.9 Å². The average Bonchev–Trinajstić information content (AvgIpc) is 3.00. The number of nitrogens with zero attached hydrogens (tertiary/aromatic N) is 6. The first-order valence-corrected chi connectivity index (χ1v) is 13.7. The molecule has 1 aliphatic rings. The molecule has 3 aromatic heterocycles. The molecule has 0 aliphatic heterocycles. The van der Waals surface area contributed by atoms with E-state index in [1.165, 1.54) is 18.2 Å². The van der Waals surface area contributed by atoms with Crippen LogP contribution in [0.5, 0.6) is 6.01 Å². The maximum absolute atomic E-state index is 13.4. The minimum Gasteiger partial charge on any atom is -0.467 e. The summed E-state index contributed by atoms with van der Waals surface area (Å²) in [5.74, 6) is 0.0403. The van der Waals surface area contributed by atoms with Crippen molar-refractivity contribution in [3.63, 3.8) is 0 Å². The molecule has 0 bridgehead atoms. The second kappa shape index (κ2) is 14.2. The summed E-state index contributed by atoms with van der Waals surface area (Å²) in [4.78, 5) is 34.9. The van der Waals surface area contributed by atoms with Gasteiger partial charge in [-0.15, -0.1) is 0 Å². The van der Waals surface area contributed by atoms with Crippen LogP contribution in [0.1, 0.15) is 44.6 Å². The number of rotatable bonds is 11. The average molecular weight is 610 g/mol. The minimum atomic E-state index is -4.60. The molecule has 2 amide bonds. The van der Waals surface area contributed by atoms with Crippen molar-refractivity contribution in [3.8, 4) is 17.1 Å². The van der Waals surface area contributed by atoms with Gasteiger partial charge in [-0.3, -0.25) is 4.90 Å². The van der Waals surface area contributed by atoms with Gasteiger partial charge in [0.05, 0.1) is 13.7 Å². The van der Waals surface area contributed by atoms with E-state index in [0.29, 0.717) is 49.8 Å². The van der Waals surface area contributed by atoms with Gasteiger partial charge < -0.3 is 20.7 Å². The fraction of sp³-hybridized carbons (Fsp3) is 0.481. The monoisotopic (exact) mass is 609 g/mol. The SMILES string of the molecule is CCCNc1nc(NC2CCC(N(C(=O)NCC(F)F)c3ccc(-c4cnc(OC)nc4)cn3)CC2)ncc1C(F)(F)F. The molecular formula is C27H32F5N9O2. The topological polar surface area (TPSA) is 130 Å². The van der Waals surface area contributed by atoms with Crippen LogP contribution in [-0.4, -0.2) is 69.7 Å². The quantitative estimate of drug-likeness (QED) is 0.245. The molecule has 43 heavy (non-hydrogen) atoms. The van der Waals surface area contributed by atoms with Crippen molar-refractivity contribution in [2.24, 2.45) is 0 Å². The molecule has 1 saturated carbocycles. The van der Waals surface area contributed by atoms with Gasteiger partial charge in [0.15, 0.2) is 0 Å². The third kappa shape index (κ3) is 8.35. The molecule has 0 aromatic carbocycles. The van der Waals surface area contributed by atoms with Crippen LogP contribution >= 0.6 is 0 Å². The van der Waals surface area contributed by atoms with E-state index < -0.39 is 30.7 Å². The molecule has 3 heterocycles. The second-order valence-corrected chi connectivity index (χ2v) is 9.84. The summed E-state index contributed by atoms with van der Waals surface area (Å²) < 4.78 is 70.9. The van der Waals surface area contributed by atoms with Crippen molar-refractivity contribution in [2.75, 3.05) is 35.7 Å². The Morgan fingerprint density at radius 2 is 1.72 bits per heavy atom. The Balaban J connectivity index is 1.46. The van der Waals surface area contributed by atoms with Crippen LogP contribution in [0.3, 0.4) is 0 Å². The van der Waals surface area contributed by atoms with Crippen LogP contribution in [0, 0.1) is 0 Å². The number of amides is 2. The van der Waals surface area contributed by atoms with Gasteiger partial charge in [0.2, 0.25) is 5.95 Å². The van der Waals surface area contributed by atoms with E-state index in [9.17, 15) is 26.7 Å². The molecular weight excluding hydrogens is 577 g/mol. The molecule has 11 nitrogen and oxygen atoms in total. The maximum atomic E-state index is 13.4. The molecule has 1 fully saturated rings. The van der Waals surface area contributed by atoms with E-state index in [4.69, 9.17) is 4.74 Å². The number of halogens is 5. The molecule has 3 aromatic rings. The highest BCUT2D eigenvalue weighted by atomic mass is 19.4. The van der Waals surface area contributed by atoms with Crippen LogP contribution < -0.4 is 25.6 Å². The van der Waals surface area contributed by atoms with E-state index >= 15 is 0 Å². The first-order chi connectivity index (χ1) is 20.6. The minimum absolute atomic E-state index is 0.0568. The number of pyridine rings is 1. The molecule has 0 unspecified atom stereocenters. The smallest absolute Gasteiger partial charge is 0.421 e. The number of aromatic nitrogens is 5. The number of nitrogens with one attached hydrogen (secondary N) is 3. The van der Waals surface area contributed by atoms with E-state index in [1.807, 2.05) is 6.92 Å². The summed E-state index contributed by atoms with van der Waals surface area (Å²) in [5.41, 5.74) is 0.397. The Kier molecular flexibility index (Phi) is 10.4. The highest BCUT2D eigenvalue weighted by molar-refractivity contribution is 5.91. The van der Waals surface area contributed by atoms with Crippen molar-refractivity contribution in [3.05, 3.63) is 42.5 Å². The third-order valence-electron chi connectivity index (χ3n) is 6.80. The fourth-order valence-corrected chi connectivity index (χ4v) is 4.67. The molecule has 0 atom stereocenters. The molecule has 0 spiro atoms. The zero-order chi connectivity index (χ0) is 31.0. The second-order valence-electron chi connectivity index (χ2n) is 9.84. The van der Waals surface area contributed by atoms with Crippen molar-refractivity contribution in [1.29, 1.82) is 0 Å². The molecule has 0 saturated heterocycles. The van der Waals surface area contributed by atoms with Gasteiger partial charge in [0.1, 0.15) is 17.2 Å². The van der Waals surface area contributed by atoms with E-state index in [2.05, 4.69) is 40.9 Å². The maximum Gasteiger partial charge on any atom is 0.421 e. The number of hydrogen-bond donors (Lipinski definition) is 3. The number of anilines is 3. The van der Waals surface area contributed by atoms with Gasteiger partial charge >= 0.3 is 18.2 Å². The molecule has 4 rings (SSSR count). The van der Waals surface area contributed by atoms with Gasteiger partial charge in [-0.1, -0.05) is 6.92 Å².